The number of hydrogen-bond donors (Lipinski definition) is 1. The maximum Gasteiger partial charge on any atom is 0.138 e. The van der Waals surface area contributed by atoms with Crippen molar-refractivity contribution in [1.82, 2.24) is 19.4 Å². The minimum atomic E-state index is -0.248. The van der Waals surface area contributed by atoms with E-state index in [1.54, 1.807) is 12.1 Å². The molecule has 0 fully saturated rings. The summed E-state index contributed by atoms with van der Waals surface area (Å²) in [5, 5.41) is 3.59. The summed E-state index contributed by atoms with van der Waals surface area (Å²) in [6.07, 6.45) is 1.01. The lowest BCUT2D eigenvalue weighted by Gasteiger charge is -2.28. The molecule has 0 amide bonds. The van der Waals surface area contributed by atoms with E-state index in [4.69, 9.17) is 9.72 Å². The number of benzene rings is 3. The van der Waals surface area contributed by atoms with Crippen LogP contribution in [0.4, 0.5) is 15.9 Å². The van der Waals surface area contributed by atoms with Crippen LogP contribution in [0.2, 0.25) is 0 Å². The SMILES string of the molecule is Cc1ccc(Nc2c(-c3ccc(F)cc3)nc3n2CCN(Cc2ccc(OCCCN(C)C)cc2)C3)cc1. The first kappa shape index (κ1) is 25.9. The Balaban J connectivity index is 1.30. The monoisotopic (exact) mass is 513 g/mol. The van der Waals surface area contributed by atoms with Crippen LogP contribution in [0.3, 0.4) is 0 Å². The number of fused-ring (bicyclic) bond motifs is 1. The number of aromatic nitrogens is 2. The Hall–Kier alpha value is -3.68. The van der Waals surface area contributed by atoms with E-state index >= 15 is 0 Å². The van der Waals surface area contributed by atoms with Crippen LogP contribution in [0.25, 0.3) is 11.3 Å². The van der Waals surface area contributed by atoms with E-state index in [-0.39, 0.29) is 5.82 Å². The molecule has 2 heterocycles. The molecule has 1 aromatic heterocycles. The van der Waals surface area contributed by atoms with Crippen LogP contribution in [-0.4, -0.2) is 53.1 Å². The Morgan fingerprint density at radius 1 is 0.947 bits per heavy atom. The summed E-state index contributed by atoms with van der Waals surface area (Å²) in [5.74, 6) is 2.62. The van der Waals surface area contributed by atoms with E-state index in [1.165, 1.54) is 23.3 Å². The molecule has 0 saturated heterocycles. The molecular weight excluding hydrogens is 477 g/mol. The normalized spacial score (nSPS) is 13.5. The first-order chi connectivity index (χ1) is 18.4. The molecule has 1 N–H and O–H groups in total. The molecule has 1 aliphatic heterocycles. The van der Waals surface area contributed by atoms with Crippen molar-refractivity contribution in [2.45, 2.75) is 33.0 Å². The fraction of sp³-hybridized carbons (Fsp3) is 0.323. The van der Waals surface area contributed by atoms with E-state index in [0.29, 0.717) is 0 Å². The molecule has 4 aromatic rings. The highest BCUT2D eigenvalue weighted by molar-refractivity contribution is 5.76. The highest BCUT2D eigenvalue weighted by Gasteiger charge is 2.24. The highest BCUT2D eigenvalue weighted by atomic mass is 19.1. The lowest BCUT2D eigenvalue weighted by Crippen LogP contribution is -2.33. The molecule has 7 heteroatoms. The van der Waals surface area contributed by atoms with Gasteiger partial charge in [-0.15, -0.1) is 0 Å². The third kappa shape index (κ3) is 6.41. The van der Waals surface area contributed by atoms with Crippen molar-refractivity contribution in [3.63, 3.8) is 0 Å². The zero-order valence-corrected chi connectivity index (χ0v) is 22.5. The second kappa shape index (κ2) is 11.8. The Morgan fingerprint density at radius 2 is 1.68 bits per heavy atom. The van der Waals surface area contributed by atoms with E-state index in [2.05, 4.69) is 89.2 Å². The molecule has 0 unspecified atom stereocenters. The zero-order valence-electron chi connectivity index (χ0n) is 22.5. The number of ether oxygens (including phenoxy) is 1. The van der Waals surface area contributed by atoms with Gasteiger partial charge in [0, 0.05) is 37.4 Å². The molecule has 198 valence electrons. The second-order valence-electron chi connectivity index (χ2n) is 10.2. The van der Waals surface area contributed by atoms with Crippen molar-refractivity contribution in [3.05, 3.63) is 95.6 Å². The van der Waals surface area contributed by atoms with Crippen molar-refractivity contribution >= 4 is 11.5 Å². The summed E-state index contributed by atoms with van der Waals surface area (Å²) in [7, 11) is 4.15. The average Bonchev–Trinajstić information content (AvgIpc) is 3.26. The molecule has 6 nitrogen and oxygen atoms in total. The second-order valence-corrected chi connectivity index (χ2v) is 10.2. The minimum Gasteiger partial charge on any atom is -0.494 e. The molecule has 0 atom stereocenters. The lowest BCUT2D eigenvalue weighted by atomic mass is 10.1. The van der Waals surface area contributed by atoms with Crippen molar-refractivity contribution in [3.8, 4) is 17.0 Å². The predicted octanol–water partition coefficient (Wildman–Crippen LogP) is 6.09. The van der Waals surface area contributed by atoms with Gasteiger partial charge in [-0.05, 0) is 81.5 Å². The van der Waals surface area contributed by atoms with Crippen LogP contribution < -0.4 is 10.1 Å². The lowest BCUT2D eigenvalue weighted by molar-refractivity contribution is 0.209. The number of halogens is 1. The average molecular weight is 514 g/mol. The molecule has 0 saturated carbocycles. The largest absolute Gasteiger partial charge is 0.494 e. The first-order valence-corrected chi connectivity index (χ1v) is 13.2. The van der Waals surface area contributed by atoms with Crippen molar-refractivity contribution in [1.29, 1.82) is 0 Å². The molecule has 0 spiro atoms. The fourth-order valence-corrected chi connectivity index (χ4v) is 4.75. The van der Waals surface area contributed by atoms with Gasteiger partial charge in [-0.3, -0.25) is 4.90 Å². The summed E-state index contributed by atoms with van der Waals surface area (Å²) < 4.78 is 21.8. The first-order valence-electron chi connectivity index (χ1n) is 13.2. The summed E-state index contributed by atoms with van der Waals surface area (Å²) in [6, 6.07) is 23.3. The van der Waals surface area contributed by atoms with Crippen LogP contribution in [0.5, 0.6) is 5.75 Å². The maximum absolute atomic E-state index is 13.6. The third-order valence-electron chi connectivity index (χ3n) is 6.83. The number of rotatable bonds is 10. The summed E-state index contributed by atoms with van der Waals surface area (Å²) in [5.41, 5.74) is 5.22. The van der Waals surface area contributed by atoms with Gasteiger partial charge in [0.05, 0.1) is 13.2 Å². The molecule has 1 aliphatic rings. The van der Waals surface area contributed by atoms with Crippen LogP contribution in [-0.2, 0) is 19.6 Å². The smallest absolute Gasteiger partial charge is 0.138 e. The van der Waals surface area contributed by atoms with Gasteiger partial charge in [-0.25, -0.2) is 9.37 Å². The third-order valence-corrected chi connectivity index (χ3v) is 6.83. The number of aryl methyl sites for hydroxylation is 1. The number of nitrogens with one attached hydrogen (secondary N) is 1. The maximum atomic E-state index is 13.6. The van der Waals surface area contributed by atoms with Gasteiger partial charge in [0.25, 0.3) is 0 Å². The topological polar surface area (TPSA) is 45.6 Å². The Labute approximate surface area is 224 Å². The van der Waals surface area contributed by atoms with Gasteiger partial charge in [0.1, 0.15) is 28.9 Å². The van der Waals surface area contributed by atoms with Gasteiger partial charge in [-0.1, -0.05) is 29.8 Å². The Kier molecular flexibility index (Phi) is 8.05. The van der Waals surface area contributed by atoms with E-state index in [9.17, 15) is 4.39 Å². The van der Waals surface area contributed by atoms with Crippen molar-refractivity contribution < 1.29 is 9.13 Å². The Morgan fingerprint density at radius 3 is 2.39 bits per heavy atom. The quantitative estimate of drug-likeness (QED) is 0.260. The molecule has 5 rings (SSSR count). The summed E-state index contributed by atoms with van der Waals surface area (Å²) >= 11 is 0. The molecule has 38 heavy (non-hydrogen) atoms. The highest BCUT2D eigenvalue weighted by Crippen LogP contribution is 2.33. The number of anilines is 2. The van der Waals surface area contributed by atoms with E-state index in [1.807, 2.05) is 0 Å². The Bertz CT molecular complexity index is 1330. The van der Waals surface area contributed by atoms with E-state index in [0.717, 1.165) is 80.1 Å². The van der Waals surface area contributed by atoms with Gasteiger partial charge in [0.2, 0.25) is 0 Å². The molecule has 0 aliphatic carbocycles. The van der Waals surface area contributed by atoms with Crippen LogP contribution in [0.1, 0.15) is 23.4 Å². The van der Waals surface area contributed by atoms with Crippen LogP contribution in [0, 0.1) is 12.7 Å². The molecular formula is C31H36FN5O. The summed E-state index contributed by atoms with van der Waals surface area (Å²) in [4.78, 5) is 9.62. The van der Waals surface area contributed by atoms with Gasteiger partial charge >= 0.3 is 0 Å². The van der Waals surface area contributed by atoms with Crippen LogP contribution >= 0.6 is 0 Å². The fourth-order valence-electron chi connectivity index (χ4n) is 4.75. The van der Waals surface area contributed by atoms with E-state index < -0.39 is 0 Å². The standard InChI is InChI=1S/C31H36FN5O/c1-23-5-13-27(14-6-23)33-31-30(25-9-11-26(32)12-10-25)34-29-22-36(18-19-37(29)31)21-24-7-15-28(16-8-24)38-20-4-17-35(2)3/h5-16,33H,4,17-22H2,1-3H3. The van der Waals surface area contributed by atoms with Crippen LogP contribution in [0.15, 0.2) is 72.8 Å². The number of nitrogens with zero attached hydrogens (tertiary/aromatic N) is 4. The van der Waals surface area contributed by atoms with Gasteiger partial charge < -0.3 is 19.5 Å². The van der Waals surface area contributed by atoms with Gasteiger partial charge in [-0.2, -0.15) is 0 Å². The number of hydrogen-bond acceptors (Lipinski definition) is 5. The summed E-state index contributed by atoms with van der Waals surface area (Å²) in [6.45, 7) is 7.15. The van der Waals surface area contributed by atoms with Crippen molar-refractivity contribution in [2.75, 3.05) is 39.1 Å². The predicted molar refractivity (Wildman–Crippen MR) is 151 cm³/mol. The molecule has 0 bridgehead atoms. The van der Waals surface area contributed by atoms with Crippen molar-refractivity contribution in [2.24, 2.45) is 0 Å². The molecule has 0 radical (unpaired) electrons. The number of imidazole rings is 1. The zero-order chi connectivity index (χ0) is 26.5. The molecule has 3 aromatic carbocycles. The van der Waals surface area contributed by atoms with Gasteiger partial charge in [0.15, 0.2) is 0 Å². The minimum absolute atomic E-state index is 0.248.